The molecule has 19 heavy (non-hydrogen) atoms. The lowest BCUT2D eigenvalue weighted by molar-refractivity contribution is -0.0977. The van der Waals surface area contributed by atoms with Crippen LogP contribution in [-0.4, -0.2) is 37.5 Å². The number of hydrogen-bond donors (Lipinski definition) is 0. The van der Waals surface area contributed by atoms with Gasteiger partial charge >= 0.3 is 0 Å². The van der Waals surface area contributed by atoms with E-state index in [2.05, 4.69) is 17.0 Å². The van der Waals surface area contributed by atoms with Gasteiger partial charge in [0.2, 0.25) is 0 Å². The Balaban J connectivity index is 1.50. The third-order valence-corrected chi connectivity index (χ3v) is 4.20. The van der Waals surface area contributed by atoms with Gasteiger partial charge in [-0.1, -0.05) is 23.7 Å². The van der Waals surface area contributed by atoms with E-state index in [1.54, 1.807) is 0 Å². The molecule has 1 aromatic rings. The standard InChI is InChI=1S/C15H20ClNO2/c16-14-3-1-2-12(10-14)11-17-6-4-13(5-7-17)15-18-8-9-19-15/h1-3,10,13,15H,4-9,11H2. The normalized spacial score (nSPS) is 23.0. The van der Waals surface area contributed by atoms with Crippen LogP contribution in [0.15, 0.2) is 24.3 Å². The van der Waals surface area contributed by atoms with Gasteiger partial charge in [-0.3, -0.25) is 4.90 Å². The lowest BCUT2D eigenvalue weighted by Crippen LogP contribution is -2.37. The molecule has 3 rings (SSSR count). The molecule has 0 unspecified atom stereocenters. The second-order valence-electron chi connectivity index (χ2n) is 5.35. The molecule has 0 amide bonds. The molecule has 0 radical (unpaired) electrons. The summed E-state index contributed by atoms with van der Waals surface area (Å²) in [6.45, 7) is 4.72. The molecule has 2 saturated heterocycles. The Labute approximate surface area is 119 Å². The van der Waals surface area contributed by atoms with Gasteiger partial charge in [-0.15, -0.1) is 0 Å². The maximum Gasteiger partial charge on any atom is 0.160 e. The Bertz CT molecular complexity index is 412. The van der Waals surface area contributed by atoms with Crippen LogP contribution >= 0.6 is 11.6 Å². The smallest absolute Gasteiger partial charge is 0.160 e. The van der Waals surface area contributed by atoms with Crippen molar-refractivity contribution in [1.82, 2.24) is 4.90 Å². The zero-order chi connectivity index (χ0) is 13.1. The van der Waals surface area contributed by atoms with Crippen molar-refractivity contribution in [1.29, 1.82) is 0 Å². The molecule has 2 heterocycles. The molecule has 0 aliphatic carbocycles. The van der Waals surface area contributed by atoms with Crippen LogP contribution in [0.25, 0.3) is 0 Å². The third kappa shape index (κ3) is 3.48. The molecule has 0 N–H and O–H groups in total. The van der Waals surface area contributed by atoms with Crippen LogP contribution in [0.5, 0.6) is 0 Å². The van der Waals surface area contributed by atoms with E-state index in [4.69, 9.17) is 21.1 Å². The zero-order valence-corrected chi connectivity index (χ0v) is 11.8. The van der Waals surface area contributed by atoms with E-state index < -0.39 is 0 Å². The van der Waals surface area contributed by atoms with Crippen molar-refractivity contribution in [2.24, 2.45) is 5.92 Å². The average Bonchev–Trinajstić information content (AvgIpc) is 2.94. The first-order valence-corrected chi connectivity index (χ1v) is 7.39. The minimum Gasteiger partial charge on any atom is -0.350 e. The quantitative estimate of drug-likeness (QED) is 0.850. The van der Waals surface area contributed by atoms with Gasteiger partial charge in [0.05, 0.1) is 13.2 Å². The van der Waals surface area contributed by atoms with Crippen LogP contribution < -0.4 is 0 Å². The summed E-state index contributed by atoms with van der Waals surface area (Å²) in [5.74, 6) is 0.568. The largest absolute Gasteiger partial charge is 0.350 e. The second-order valence-corrected chi connectivity index (χ2v) is 5.79. The van der Waals surface area contributed by atoms with Crippen molar-refractivity contribution in [3.63, 3.8) is 0 Å². The molecule has 0 aromatic heterocycles. The molecule has 2 aliphatic heterocycles. The highest BCUT2D eigenvalue weighted by Gasteiger charge is 2.30. The summed E-state index contributed by atoms with van der Waals surface area (Å²) in [6.07, 6.45) is 2.37. The molecular formula is C15H20ClNO2. The number of nitrogens with zero attached hydrogens (tertiary/aromatic N) is 1. The molecule has 104 valence electrons. The van der Waals surface area contributed by atoms with Crippen LogP contribution in [0.4, 0.5) is 0 Å². The molecule has 2 aliphatic rings. The van der Waals surface area contributed by atoms with Gasteiger partial charge in [-0.05, 0) is 43.6 Å². The van der Waals surface area contributed by atoms with Gasteiger partial charge in [-0.25, -0.2) is 0 Å². The van der Waals surface area contributed by atoms with Crippen molar-refractivity contribution < 1.29 is 9.47 Å². The highest BCUT2D eigenvalue weighted by Crippen LogP contribution is 2.26. The summed E-state index contributed by atoms with van der Waals surface area (Å²) in [5.41, 5.74) is 1.29. The molecule has 0 bridgehead atoms. The van der Waals surface area contributed by atoms with Crippen molar-refractivity contribution in [2.75, 3.05) is 26.3 Å². The molecule has 4 heteroatoms. The Morgan fingerprint density at radius 2 is 1.89 bits per heavy atom. The van der Waals surface area contributed by atoms with Gasteiger partial charge in [0.25, 0.3) is 0 Å². The molecule has 0 spiro atoms. The Morgan fingerprint density at radius 1 is 1.16 bits per heavy atom. The zero-order valence-electron chi connectivity index (χ0n) is 11.1. The van der Waals surface area contributed by atoms with Crippen LogP contribution in [0.3, 0.4) is 0 Å². The molecule has 0 atom stereocenters. The van der Waals surface area contributed by atoms with Crippen molar-refractivity contribution >= 4 is 11.6 Å². The van der Waals surface area contributed by atoms with E-state index in [1.807, 2.05) is 12.1 Å². The van der Waals surface area contributed by atoms with Gasteiger partial charge in [0, 0.05) is 17.5 Å². The van der Waals surface area contributed by atoms with E-state index in [9.17, 15) is 0 Å². The van der Waals surface area contributed by atoms with E-state index in [-0.39, 0.29) is 6.29 Å². The summed E-state index contributed by atoms with van der Waals surface area (Å²) in [7, 11) is 0. The first kappa shape index (κ1) is 13.4. The molecular weight excluding hydrogens is 262 g/mol. The fourth-order valence-electron chi connectivity index (χ4n) is 2.93. The molecule has 0 saturated carbocycles. The minimum absolute atomic E-state index is 0.0494. The number of rotatable bonds is 3. The Kier molecular flexibility index (Phi) is 4.38. The fraction of sp³-hybridized carbons (Fsp3) is 0.600. The SMILES string of the molecule is Clc1cccc(CN2CCC(C3OCCO3)CC2)c1. The predicted molar refractivity (Wildman–Crippen MR) is 75.1 cm³/mol. The number of ether oxygens (including phenoxy) is 2. The average molecular weight is 282 g/mol. The van der Waals surface area contributed by atoms with Crippen molar-refractivity contribution in [3.05, 3.63) is 34.9 Å². The lowest BCUT2D eigenvalue weighted by atomic mass is 9.96. The molecule has 3 nitrogen and oxygen atoms in total. The summed E-state index contributed by atoms with van der Waals surface area (Å²) in [6, 6.07) is 8.13. The summed E-state index contributed by atoms with van der Waals surface area (Å²) in [5, 5.41) is 0.820. The number of likely N-dealkylation sites (tertiary alicyclic amines) is 1. The summed E-state index contributed by atoms with van der Waals surface area (Å²) in [4.78, 5) is 2.48. The van der Waals surface area contributed by atoms with Crippen molar-refractivity contribution in [2.45, 2.75) is 25.7 Å². The third-order valence-electron chi connectivity index (χ3n) is 3.96. The number of benzene rings is 1. The number of piperidine rings is 1. The van der Waals surface area contributed by atoms with Gasteiger partial charge < -0.3 is 9.47 Å². The topological polar surface area (TPSA) is 21.7 Å². The summed E-state index contributed by atoms with van der Waals surface area (Å²) >= 11 is 6.02. The Hall–Kier alpha value is -0.610. The van der Waals surface area contributed by atoms with Crippen LogP contribution in [0, 0.1) is 5.92 Å². The van der Waals surface area contributed by atoms with Gasteiger partial charge in [0.1, 0.15) is 0 Å². The number of halogens is 1. The molecule has 1 aromatic carbocycles. The van der Waals surface area contributed by atoms with Crippen LogP contribution in [0.2, 0.25) is 5.02 Å². The Morgan fingerprint density at radius 3 is 2.58 bits per heavy atom. The first-order chi connectivity index (χ1) is 9.31. The first-order valence-electron chi connectivity index (χ1n) is 7.01. The van der Waals surface area contributed by atoms with E-state index in [0.29, 0.717) is 5.92 Å². The van der Waals surface area contributed by atoms with Crippen LogP contribution in [-0.2, 0) is 16.0 Å². The second kappa shape index (κ2) is 6.23. The monoisotopic (exact) mass is 281 g/mol. The van der Waals surface area contributed by atoms with Gasteiger partial charge in [0.15, 0.2) is 6.29 Å². The van der Waals surface area contributed by atoms with Crippen LogP contribution in [0.1, 0.15) is 18.4 Å². The lowest BCUT2D eigenvalue weighted by Gasteiger charge is -2.33. The highest BCUT2D eigenvalue weighted by molar-refractivity contribution is 6.30. The van der Waals surface area contributed by atoms with E-state index in [0.717, 1.165) is 50.7 Å². The van der Waals surface area contributed by atoms with Gasteiger partial charge in [-0.2, -0.15) is 0 Å². The van der Waals surface area contributed by atoms with E-state index >= 15 is 0 Å². The maximum absolute atomic E-state index is 6.02. The predicted octanol–water partition coefficient (Wildman–Crippen LogP) is 2.92. The fourth-order valence-corrected chi connectivity index (χ4v) is 3.14. The molecule has 2 fully saturated rings. The maximum atomic E-state index is 6.02. The van der Waals surface area contributed by atoms with Crippen molar-refractivity contribution in [3.8, 4) is 0 Å². The minimum atomic E-state index is 0.0494. The highest BCUT2D eigenvalue weighted by atomic mass is 35.5. The number of hydrogen-bond acceptors (Lipinski definition) is 3. The van der Waals surface area contributed by atoms with E-state index in [1.165, 1.54) is 5.56 Å². The summed E-state index contributed by atoms with van der Waals surface area (Å²) < 4.78 is 11.2.